The molecule has 0 saturated carbocycles. The number of carbonyl (C=O) groups is 3. The predicted octanol–water partition coefficient (Wildman–Crippen LogP) is 0.273. The molecule has 2 aliphatic rings. The topological polar surface area (TPSA) is 129 Å². The smallest absolute Gasteiger partial charge is 0.328 e. The van der Waals surface area contributed by atoms with Gasteiger partial charge >= 0.3 is 5.97 Å². The number of nitrogens with one attached hydrogen (secondary N) is 2. The number of carbonyl (C=O) groups excluding carboxylic acids is 3. The fourth-order valence-electron chi connectivity index (χ4n) is 3.38. The monoisotopic (exact) mass is 433 g/mol. The second-order valence-corrected chi connectivity index (χ2v) is 7.89. The Labute approximate surface area is 183 Å². The third-order valence-corrected chi connectivity index (χ3v) is 5.17. The molecule has 4 N–H and O–H groups in total. The lowest BCUT2D eigenvalue weighted by Gasteiger charge is -2.26. The molecular formula is C21H32BN3O6. The van der Waals surface area contributed by atoms with Crippen LogP contribution in [-0.2, 0) is 30.2 Å². The Hall–Kier alpha value is -2.59. The lowest BCUT2D eigenvalue weighted by molar-refractivity contribution is -0.145. The molecule has 1 aromatic rings. The highest BCUT2D eigenvalue weighted by atomic mass is 16.5. The standard InChI is InChI=1S/C21H32BN3O6/c1-13(2)18-20(27)24-17(21(28)29-3)5-4-10-30-15-8-6-14(7-9-15)11-16(19(26)25-18)22-31-12-23/h6-9,13,16-18,22H,4-5,10-12,23H2,1-3H3,(H,24,27)(H,25,26)/t16-,17-,18-/m0/s1. The summed E-state index contributed by atoms with van der Waals surface area (Å²) in [7, 11) is 1.40. The van der Waals surface area contributed by atoms with Crippen LogP contribution in [0, 0.1) is 5.92 Å². The Morgan fingerprint density at radius 3 is 2.55 bits per heavy atom. The van der Waals surface area contributed by atoms with Gasteiger partial charge < -0.3 is 30.5 Å². The van der Waals surface area contributed by atoms with Gasteiger partial charge in [-0.2, -0.15) is 0 Å². The van der Waals surface area contributed by atoms with Gasteiger partial charge in [0, 0.05) is 5.82 Å². The van der Waals surface area contributed by atoms with Crippen LogP contribution in [0.3, 0.4) is 0 Å². The summed E-state index contributed by atoms with van der Waals surface area (Å²) in [6, 6.07) is 5.84. The van der Waals surface area contributed by atoms with Crippen molar-refractivity contribution in [3.63, 3.8) is 0 Å². The van der Waals surface area contributed by atoms with E-state index < -0.39 is 29.8 Å². The van der Waals surface area contributed by atoms with E-state index in [0.29, 0.717) is 31.6 Å². The van der Waals surface area contributed by atoms with Crippen molar-refractivity contribution in [2.75, 3.05) is 20.4 Å². The second kappa shape index (κ2) is 12.3. The van der Waals surface area contributed by atoms with E-state index in [-0.39, 0.29) is 26.0 Å². The minimum Gasteiger partial charge on any atom is -0.494 e. The van der Waals surface area contributed by atoms with Gasteiger partial charge in [-0.1, -0.05) is 26.0 Å². The van der Waals surface area contributed by atoms with Gasteiger partial charge in [0.05, 0.1) is 20.4 Å². The first-order valence-electron chi connectivity index (χ1n) is 10.5. The van der Waals surface area contributed by atoms with Crippen LogP contribution >= 0.6 is 0 Å². The highest BCUT2D eigenvalue weighted by Gasteiger charge is 2.31. The molecule has 0 unspecified atom stereocenters. The lowest BCUT2D eigenvalue weighted by atomic mass is 9.75. The number of hydrogen-bond donors (Lipinski definition) is 3. The number of ether oxygens (including phenoxy) is 2. The van der Waals surface area contributed by atoms with E-state index in [2.05, 4.69) is 10.6 Å². The Morgan fingerprint density at radius 2 is 1.94 bits per heavy atom. The van der Waals surface area contributed by atoms with Gasteiger partial charge in [-0.05, 0) is 42.9 Å². The van der Waals surface area contributed by atoms with Crippen molar-refractivity contribution in [2.24, 2.45) is 11.7 Å². The van der Waals surface area contributed by atoms with E-state index in [9.17, 15) is 14.4 Å². The van der Waals surface area contributed by atoms with Crippen molar-refractivity contribution in [1.29, 1.82) is 0 Å². The van der Waals surface area contributed by atoms with Gasteiger partial charge in [-0.25, -0.2) is 4.79 Å². The lowest BCUT2D eigenvalue weighted by Crippen LogP contribution is -2.54. The molecule has 31 heavy (non-hydrogen) atoms. The fraction of sp³-hybridized carbons (Fsp3) is 0.571. The van der Waals surface area contributed by atoms with Gasteiger partial charge in [-0.15, -0.1) is 0 Å². The molecule has 0 aliphatic carbocycles. The summed E-state index contributed by atoms with van der Waals surface area (Å²) in [6.07, 6.45) is 1.31. The Morgan fingerprint density at radius 1 is 1.23 bits per heavy atom. The number of methoxy groups -OCH3 is 1. The average molecular weight is 433 g/mol. The third kappa shape index (κ3) is 7.55. The molecule has 10 heteroatoms. The highest BCUT2D eigenvalue weighted by Crippen LogP contribution is 2.19. The fourth-order valence-corrected chi connectivity index (χ4v) is 3.38. The van der Waals surface area contributed by atoms with E-state index in [4.69, 9.17) is 19.9 Å². The summed E-state index contributed by atoms with van der Waals surface area (Å²) >= 11 is 0. The molecule has 3 rings (SSSR count). The van der Waals surface area contributed by atoms with Gasteiger partial charge in [0.25, 0.3) is 7.48 Å². The average Bonchev–Trinajstić information content (AvgIpc) is 2.76. The summed E-state index contributed by atoms with van der Waals surface area (Å²) in [6.45, 7) is 4.04. The third-order valence-electron chi connectivity index (χ3n) is 5.17. The first-order chi connectivity index (χ1) is 14.8. The van der Waals surface area contributed by atoms with Crippen LogP contribution in [0.1, 0.15) is 32.3 Å². The van der Waals surface area contributed by atoms with Crippen LogP contribution in [0.25, 0.3) is 0 Å². The minimum absolute atomic E-state index is 0.00847. The summed E-state index contributed by atoms with van der Waals surface area (Å²) in [5.41, 5.74) is 6.39. The number of fused-ring (bicyclic) bond motifs is 13. The maximum absolute atomic E-state index is 13.0. The molecule has 170 valence electrons. The van der Waals surface area contributed by atoms with Crippen LogP contribution in [0.2, 0.25) is 5.82 Å². The molecule has 2 heterocycles. The number of rotatable bonds is 5. The normalized spacial score (nSPS) is 22.9. The zero-order valence-electron chi connectivity index (χ0n) is 18.4. The van der Waals surface area contributed by atoms with Crippen molar-refractivity contribution in [2.45, 2.75) is 51.0 Å². The van der Waals surface area contributed by atoms with Gasteiger partial charge in [-0.3, -0.25) is 9.59 Å². The maximum atomic E-state index is 13.0. The van der Waals surface area contributed by atoms with Gasteiger partial charge in [0.1, 0.15) is 17.8 Å². The highest BCUT2D eigenvalue weighted by molar-refractivity contribution is 6.37. The van der Waals surface area contributed by atoms with Crippen LogP contribution in [0.15, 0.2) is 24.3 Å². The zero-order valence-corrected chi connectivity index (χ0v) is 18.4. The number of nitrogens with two attached hydrogens (primary N) is 1. The van der Waals surface area contributed by atoms with Gasteiger partial charge in [0.15, 0.2) is 0 Å². The molecule has 2 bridgehead atoms. The molecule has 2 amide bonds. The van der Waals surface area contributed by atoms with E-state index in [1.807, 2.05) is 38.1 Å². The Balaban J connectivity index is 2.31. The molecule has 9 nitrogen and oxygen atoms in total. The van der Waals surface area contributed by atoms with Crippen LogP contribution in [0.4, 0.5) is 0 Å². The maximum Gasteiger partial charge on any atom is 0.328 e. The molecular weight excluding hydrogens is 401 g/mol. The summed E-state index contributed by atoms with van der Waals surface area (Å²) in [5.74, 6) is -1.33. The summed E-state index contributed by atoms with van der Waals surface area (Å²) < 4.78 is 15.9. The first-order valence-corrected chi connectivity index (χ1v) is 10.5. The SMILES string of the molecule is COC(=O)[C@@H]1CCCOc2ccc(cc2)C[C@H](BOCN)C(=O)N[C@@H](C(C)C)C(=O)N1. The zero-order chi connectivity index (χ0) is 22.8. The second-order valence-electron chi connectivity index (χ2n) is 7.89. The largest absolute Gasteiger partial charge is 0.494 e. The van der Waals surface area contributed by atoms with Crippen LogP contribution in [0.5, 0.6) is 5.75 Å². The quantitative estimate of drug-likeness (QED) is 0.346. The number of esters is 1. The Kier molecular flexibility index (Phi) is 9.80. The van der Waals surface area contributed by atoms with Crippen LogP contribution < -0.4 is 21.1 Å². The van der Waals surface area contributed by atoms with Gasteiger partial charge in [0.2, 0.25) is 11.8 Å². The Bertz CT molecular complexity index is 743. The van der Waals surface area contributed by atoms with Crippen molar-refractivity contribution in [3.05, 3.63) is 29.8 Å². The van der Waals surface area contributed by atoms with Crippen molar-refractivity contribution in [1.82, 2.24) is 10.6 Å². The van der Waals surface area contributed by atoms with Crippen LogP contribution in [-0.4, -0.2) is 57.8 Å². The van der Waals surface area contributed by atoms with Crippen molar-refractivity contribution in [3.8, 4) is 5.75 Å². The molecule has 1 aromatic carbocycles. The summed E-state index contributed by atoms with van der Waals surface area (Å²) in [4.78, 5) is 38.1. The van der Waals surface area contributed by atoms with E-state index in [1.165, 1.54) is 7.11 Å². The molecule has 3 atom stereocenters. The molecule has 0 saturated heterocycles. The van der Waals surface area contributed by atoms with E-state index in [0.717, 1.165) is 5.56 Å². The van der Waals surface area contributed by atoms with E-state index >= 15 is 0 Å². The molecule has 0 radical (unpaired) electrons. The predicted molar refractivity (Wildman–Crippen MR) is 117 cm³/mol. The number of hydrogen-bond acceptors (Lipinski definition) is 7. The van der Waals surface area contributed by atoms with Crippen molar-refractivity contribution < 1.29 is 28.5 Å². The van der Waals surface area contributed by atoms with E-state index in [1.54, 1.807) is 0 Å². The molecule has 0 fully saturated rings. The molecule has 0 aromatic heterocycles. The number of amides is 2. The molecule has 0 spiro atoms. The first kappa shape index (κ1) is 24.7. The minimum atomic E-state index is -0.828. The summed E-state index contributed by atoms with van der Waals surface area (Å²) in [5, 5.41) is 5.55. The van der Waals surface area contributed by atoms with Crippen molar-refractivity contribution >= 4 is 25.3 Å². The molecule has 2 aliphatic heterocycles. The number of benzene rings is 1.